The summed E-state index contributed by atoms with van der Waals surface area (Å²) in [6.45, 7) is 3.68. The van der Waals surface area contributed by atoms with Gasteiger partial charge < -0.3 is 15.4 Å². The Morgan fingerprint density at radius 3 is 2.58 bits per heavy atom. The number of nitrogens with one attached hydrogen (secondary N) is 2. The van der Waals surface area contributed by atoms with Gasteiger partial charge in [-0.05, 0) is 24.5 Å². The standard InChI is InChI=1S/C18H27F3N4O/c1-3-22-17(23-10-14-4-6-15(7-5-14)12-26-2)24-16-8-9-25(11-16)13-18(19,20)21/h4-7,16H,3,8-13H2,1-2H3,(H2,22,23,24). The molecule has 1 aliphatic heterocycles. The molecule has 1 saturated heterocycles. The van der Waals surface area contributed by atoms with Crippen molar-refractivity contribution in [1.29, 1.82) is 0 Å². The van der Waals surface area contributed by atoms with E-state index < -0.39 is 12.7 Å². The van der Waals surface area contributed by atoms with Crippen LogP contribution < -0.4 is 10.6 Å². The molecule has 1 aliphatic rings. The van der Waals surface area contributed by atoms with Gasteiger partial charge >= 0.3 is 6.18 Å². The van der Waals surface area contributed by atoms with Crippen LogP contribution in [0, 0.1) is 0 Å². The van der Waals surface area contributed by atoms with Crippen LogP contribution in [0.25, 0.3) is 0 Å². The minimum absolute atomic E-state index is 0.0285. The van der Waals surface area contributed by atoms with E-state index in [9.17, 15) is 13.2 Å². The highest BCUT2D eigenvalue weighted by molar-refractivity contribution is 5.80. The Labute approximate surface area is 152 Å². The fraction of sp³-hybridized carbons (Fsp3) is 0.611. The van der Waals surface area contributed by atoms with Gasteiger partial charge in [0.15, 0.2) is 5.96 Å². The van der Waals surface area contributed by atoms with E-state index in [1.54, 1.807) is 7.11 Å². The average molecular weight is 372 g/mol. The molecule has 0 spiro atoms. The Morgan fingerprint density at radius 1 is 1.27 bits per heavy atom. The molecule has 8 heteroatoms. The summed E-state index contributed by atoms with van der Waals surface area (Å²) in [4.78, 5) is 5.97. The van der Waals surface area contributed by atoms with E-state index in [4.69, 9.17) is 4.74 Å². The molecular weight excluding hydrogens is 345 g/mol. The van der Waals surface area contributed by atoms with E-state index in [0.29, 0.717) is 45.2 Å². The Hall–Kier alpha value is -1.80. The molecule has 0 aliphatic carbocycles. The minimum atomic E-state index is -4.15. The molecule has 2 N–H and O–H groups in total. The Morgan fingerprint density at radius 2 is 1.96 bits per heavy atom. The van der Waals surface area contributed by atoms with E-state index in [1.807, 2.05) is 31.2 Å². The number of methoxy groups -OCH3 is 1. The largest absolute Gasteiger partial charge is 0.401 e. The summed E-state index contributed by atoms with van der Waals surface area (Å²) < 4.78 is 42.6. The van der Waals surface area contributed by atoms with Crippen LogP contribution in [-0.4, -0.2) is 56.4 Å². The second-order valence-electron chi connectivity index (χ2n) is 6.42. The SMILES string of the molecule is CCNC(=NCc1ccc(COC)cc1)NC1CCN(CC(F)(F)F)C1. The zero-order valence-electron chi connectivity index (χ0n) is 15.3. The summed E-state index contributed by atoms with van der Waals surface area (Å²) in [6.07, 6.45) is -3.48. The number of guanidine groups is 1. The average Bonchev–Trinajstić information content (AvgIpc) is 2.99. The molecule has 2 rings (SSSR count). The van der Waals surface area contributed by atoms with Gasteiger partial charge in [0.05, 0.1) is 19.7 Å². The lowest BCUT2D eigenvalue weighted by Gasteiger charge is -2.19. The lowest BCUT2D eigenvalue weighted by molar-refractivity contribution is -0.143. The fourth-order valence-electron chi connectivity index (χ4n) is 2.94. The van der Waals surface area contributed by atoms with Gasteiger partial charge in [-0.1, -0.05) is 24.3 Å². The van der Waals surface area contributed by atoms with Crippen molar-refractivity contribution < 1.29 is 17.9 Å². The fourth-order valence-corrected chi connectivity index (χ4v) is 2.94. The van der Waals surface area contributed by atoms with Crippen LogP contribution in [0.5, 0.6) is 0 Å². The molecule has 0 aromatic heterocycles. The van der Waals surface area contributed by atoms with Gasteiger partial charge in [-0.25, -0.2) is 4.99 Å². The number of alkyl halides is 3. The molecule has 0 bridgehead atoms. The van der Waals surface area contributed by atoms with Crippen molar-refractivity contribution in [1.82, 2.24) is 15.5 Å². The van der Waals surface area contributed by atoms with Gasteiger partial charge in [0.1, 0.15) is 0 Å². The molecule has 0 amide bonds. The molecule has 1 unspecified atom stereocenters. The maximum atomic E-state index is 12.5. The number of hydrogen-bond acceptors (Lipinski definition) is 3. The molecule has 1 fully saturated rings. The smallest absolute Gasteiger partial charge is 0.380 e. The van der Waals surface area contributed by atoms with E-state index >= 15 is 0 Å². The molecule has 0 saturated carbocycles. The summed E-state index contributed by atoms with van der Waals surface area (Å²) >= 11 is 0. The van der Waals surface area contributed by atoms with Crippen LogP contribution in [0.3, 0.4) is 0 Å². The third kappa shape index (κ3) is 7.21. The molecule has 1 atom stereocenters. The van der Waals surface area contributed by atoms with Gasteiger partial charge in [-0.15, -0.1) is 0 Å². The zero-order chi connectivity index (χ0) is 19.0. The lowest BCUT2D eigenvalue weighted by atomic mass is 10.1. The quantitative estimate of drug-likeness (QED) is 0.570. The number of likely N-dealkylation sites (tertiary alicyclic amines) is 1. The highest BCUT2D eigenvalue weighted by Gasteiger charge is 2.34. The zero-order valence-corrected chi connectivity index (χ0v) is 15.3. The van der Waals surface area contributed by atoms with Crippen molar-refractivity contribution in [3.8, 4) is 0 Å². The highest BCUT2D eigenvalue weighted by atomic mass is 19.4. The number of aliphatic imine (C=N–C) groups is 1. The molecule has 0 radical (unpaired) electrons. The monoisotopic (exact) mass is 372 g/mol. The third-order valence-electron chi connectivity index (χ3n) is 4.11. The van der Waals surface area contributed by atoms with Gasteiger partial charge in [-0.2, -0.15) is 13.2 Å². The molecule has 1 heterocycles. The van der Waals surface area contributed by atoms with Gasteiger partial charge in [0, 0.05) is 32.8 Å². The lowest BCUT2D eigenvalue weighted by Crippen LogP contribution is -2.45. The second-order valence-corrected chi connectivity index (χ2v) is 6.42. The van der Waals surface area contributed by atoms with Crippen LogP contribution in [0.15, 0.2) is 29.3 Å². The number of hydrogen-bond donors (Lipinski definition) is 2. The molecule has 146 valence electrons. The number of nitrogens with zero attached hydrogens (tertiary/aromatic N) is 2. The number of rotatable bonds is 7. The third-order valence-corrected chi connectivity index (χ3v) is 4.11. The summed E-state index contributed by atoms with van der Waals surface area (Å²) in [5, 5.41) is 6.40. The first-order valence-electron chi connectivity index (χ1n) is 8.80. The molecule has 5 nitrogen and oxygen atoms in total. The summed E-state index contributed by atoms with van der Waals surface area (Å²) in [6, 6.07) is 7.98. The predicted octanol–water partition coefficient (Wildman–Crippen LogP) is 2.52. The van der Waals surface area contributed by atoms with E-state index in [1.165, 1.54) is 4.90 Å². The first-order valence-corrected chi connectivity index (χ1v) is 8.80. The van der Waals surface area contributed by atoms with E-state index in [-0.39, 0.29) is 6.04 Å². The van der Waals surface area contributed by atoms with Crippen molar-refractivity contribution in [3.63, 3.8) is 0 Å². The predicted molar refractivity (Wildman–Crippen MR) is 96.0 cm³/mol. The van der Waals surface area contributed by atoms with Crippen LogP contribution >= 0.6 is 0 Å². The van der Waals surface area contributed by atoms with Gasteiger partial charge in [0.25, 0.3) is 0 Å². The Bertz CT molecular complexity index is 575. The maximum absolute atomic E-state index is 12.5. The number of benzene rings is 1. The maximum Gasteiger partial charge on any atom is 0.401 e. The van der Waals surface area contributed by atoms with Gasteiger partial charge in [0.2, 0.25) is 0 Å². The van der Waals surface area contributed by atoms with Crippen molar-refractivity contribution in [2.45, 2.75) is 38.7 Å². The van der Waals surface area contributed by atoms with Crippen molar-refractivity contribution in [2.24, 2.45) is 4.99 Å². The number of ether oxygens (including phenoxy) is 1. The molecule has 1 aromatic carbocycles. The highest BCUT2D eigenvalue weighted by Crippen LogP contribution is 2.19. The normalized spacial score (nSPS) is 19.0. The van der Waals surface area contributed by atoms with Crippen molar-refractivity contribution in [3.05, 3.63) is 35.4 Å². The van der Waals surface area contributed by atoms with E-state index in [2.05, 4.69) is 15.6 Å². The summed E-state index contributed by atoms with van der Waals surface area (Å²) in [5.74, 6) is 0.632. The van der Waals surface area contributed by atoms with E-state index in [0.717, 1.165) is 11.1 Å². The first-order chi connectivity index (χ1) is 12.4. The topological polar surface area (TPSA) is 48.9 Å². The number of halogens is 3. The van der Waals surface area contributed by atoms with Crippen LogP contribution in [0.2, 0.25) is 0 Å². The molecule has 26 heavy (non-hydrogen) atoms. The Kier molecular flexibility index (Phi) is 7.71. The van der Waals surface area contributed by atoms with Crippen molar-refractivity contribution >= 4 is 5.96 Å². The summed E-state index contributed by atoms with van der Waals surface area (Å²) in [5.41, 5.74) is 2.16. The minimum Gasteiger partial charge on any atom is -0.380 e. The summed E-state index contributed by atoms with van der Waals surface area (Å²) in [7, 11) is 1.66. The molecular formula is C18H27F3N4O. The van der Waals surface area contributed by atoms with Crippen LogP contribution in [0.4, 0.5) is 13.2 Å². The van der Waals surface area contributed by atoms with Crippen LogP contribution in [0.1, 0.15) is 24.5 Å². The Balaban J connectivity index is 1.88. The van der Waals surface area contributed by atoms with Gasteiger partial charge in [-0.3, -0.25) is 4.90 Å². The first kappa shape index (κ1) is 20.5. The second kappa shape index (κ2) is 9.78. The van der Waals surface area contributed by atoms with Crippen molar-refractivity contribution in [2.75, 3.05) is 33.3 Å². The molecule has 1 aromatic rings. The van der Waals surface area contributed by atoms with Crippen LogP contribution in [-0.2, 0) is 17.9 Å².